The molecule has 0 saturated carbocycles. The number of carbonyl (C=O) groups excluding carboxylic acids is 1. The van der Waals surface area contributed by atoms with E-state index in [2.05, 4.69) is 5.32 Å². The Morgan fingerprint density at radius 1 is 0.846 bits per heavy atom. The predicted molar refractivity (Wildman–Crippen MR) is 88.6 cm³/mol. The minimum Gasteiger partial charge on any atom is -0.456 e. The van der Waals surface area contributed by atoms with Gasteiger partial charge < -0.3 is 29.0 Å². The van der Waals surface area contributed by atoms with Gasteiger partial charge in [-0.2, -0.15) is 0 Å². The van der Waals surface area contributed by atoms with Crippen LogP contribution in [0.5, 0.6) is 23.0 Å². The minimum atomic E-state index is -0.307. The van der Waals surface area contributed by atoms with Crippen molar-refractivity contribution in [2.75, 3.05) is 25.5 Å². The molecule has 0 fully saturated rings. The molecule has 2 aromatic carbocycles. The highest BCUT2D eigenvalue weighted by Gasteiger charge is 2.40. The van der Waals surface area contributed by atoms with E-state index in [0.29, 0.717) is 28.6 Å². The Morgan fingerprint density at radius 2 is 1.58 bits per heavy atom. The fourth-order valence-electron chi connectivity index (χ4n) is 3.87. The highest BCUT2D eigenvalue weighted by atomic mass is 16.7. The van der Waals surface area contributed by atoms with Gasteiger partial charge in [-0.1, -0.05) is 6.07 Å². The normalized spacial score (nSPS) is 21.2. The van der Waals surface area contributed by atoms with Gasteiger partial charge in [0.25, 0.3) is 0 Å². The highest BCUT2D eigenvalue weighted by molar-refractivity contribution is 5.97. The molecule has 26 heavy (non-hydrogen) atoms. The smallest absolute Gasteiger partial charge is 0.337 e. The van der Waals surface area contributed by atoms with Crippen molar-refractivity contribution in [2.24, 2.45) is 0 Å². The summed E-state index contributed by atoms with van der Waals surface area (Å²) in [5.74, 6) is 2.16. The van der Waals surface area contributed by atoms with Crippen LogP contribution in [0.25, 0.3) is 0 Å². The van der Waals surface area contributed by atoms with Crippen molar-refractivity contribution in [1.29, 1.82) is 0 Å². The van der Waals surface area contributed by atoms with Crippen LogP contribution in [-0.4, -0.2) is 26.2 Å². The molecule has 0 saturated heterocycles. The molecule has 0 spiro atoms. The molecular formula is C19H13NO6. The van der Waals surface area contributed by atoms with Crippen molar-refractivity contribution in [3.8, 4) is 23.0 Å². The van der Waals surface area contributed by atoms with E-state index >= 15 is 0 Å². The minimum absolute atomic E-state index is 0.197. The van der Waals surface area contributed by atoms with Gasteiger partial charge in [-0.05, 0) is 29.3 Å². The van der Waals surface area contributed by atoms with Crippen LogP contribution >= 0.6 is 0 Å². The van der Waals surface area contributed by atoms with Crippen molar-refractivity contribution in [3.05, 3.63) is 52.7 Å². The lowest BCUT2D eigenvalue weighted by Gasteiger charge is -2.27. The van der Waals surface area contributed by atoms with Crippen LogP contribution in [0, 0.1) is 0 Å². The van der Waals surface area contributed by atoms with Crippen LogP contribution in [0.4, 0.5) is 5.69 Å². The van der Waals surface area contributed by atoms with E-state index in [1.165, 1.54) is 0 Å². The summed E-state index contributed by atoms with van der Waals surface area (Å²) in [6, 6.07) is 9.57. The molecule has 1 atom stereocenters. The highest BCUT2D eigenvalue weighted by Crippen LogP contribution is 2.50. The Bertz CT molecular complexity index is 1010. The molecule has 130 valence electrons. The van der Waals surface area contributed by atoms with Crippen molar-refractivity contribution < 1.29 is 28.5 Å². The molecule has 2 aromatic rings. The average Bonchev–Trinajstić information content (AvgIpc) is 3.37. The van der Waals surface area contributed by atoms with Crippen LogP contribution < -0.4 is 24.3 Å². The molecule has 7 heteroatoms. The third-order valence-electron chi connectivity index (χ3n) is 5.05. The van der Waals surface area contributed by atoms with Gasteiger partial charge in [-0.15, -0.1) is 0 Å². The number of esters is 1. The topological polar surface area (TPSA) is 75.3 Å². The van der Waals surface area contributed by atoms with Gasteiger partial charge in [-0.25, -0.2) is 4.79 Å². The van der Waals surface area contributed by atoms with Gasteiger partial charge in [0.05, 0.1) is 11.3 Å². The number of hydrogen-bond donors (Lipinski definition) is 1. The number of rotatable bonds is 1. The van der Waals surface area contributed by atoms with Gasteiger partial charge in [-0.3, -0.25) is 0 Å². The summed E-state index contributed by atoms with van der Waals surface area (Å²) >= 11 is 0. The van der Waals surface area contributed by atoms with E-state index in [0.717, 1.165) is 22.5 Å². The lowest BCUT2D eigenvalue weighted by Crippen LogP contribution is -2.19. The van der Waals surface area contributed by atoms with Crippen LogP contribution in [0.15, 0.2) is 41.6 Å². The Morgan fingerprint density at radius 3 is 2.42 bits per heavy atom. The molecule has 0 unspecified atom stereocenters. The second kappa shape index (κ2) is 4.85. The average molecular weight is 351 g/mol. The molecule has 4 heterocycles. The maximum Gasteiger partial charge on any atom is 0.337 e. The maximum absolute atomic E-state index is 12.4. The van der Waals surface area contributed by atoms with E-state index in [4.69, 9.17) is 23.7 Å². The number of cyclic esters (lactones) is 1. The Kier molecular flexibility index (Phi) is 2.59. The second-order valence-corrected chi connectivity index (χ2v) is 6.43. The summed E-state index contributed by atoms with van der Waals surface area (Å²) in [7, 11) is 0. The SMILES string of the molecule is O=C1OCC2=C1[C@H](c1ccc3c(c1)OCO3)c1cc3c(cc1N2)OCO3. The number of hydrogen-bond acceptors (Lipinski definition) is 7. The number of benzene rings is 2. The molecule has 4 aliphatic heterocycles. The fraction of sp³-hybridized carbons (Fsp3) is 0.211. The van der Waals surface area contributed by atoms with Gasteiger partial charge in [0.1, 0.15) is 6.61 Å². The first-order valence-corrected chi connectivity index (χ1v) is 8.28. The number of ether oxygens (including phenoxy) is 5. The third-order valence-corrected chi connectivity index (χ3v) is 5.05. The quantitative estimate of drug-likeness (QED) is 0.791. The first kappa shape index (κ1) is 13.9. The summed E-state index contributed by atoms with van der Waals surface area (Å²) in [4.78, 5) is 12.4. The number of anilines is 1. The zero-order chi connectivity index (χ0) is 17.3. The second-order valence-electron chi connectivity index (χ2n) is 6.43. The van der Waals surface area contributed by atoms with Gasteiger partial charge >= 0.3 is 5.97 Å². The van der Waals surface area contributed by atoms with Crippen molar-refractivity contribution in [3.63, 3.8) is 0 Å². The van der Waals surface area contributed by atoms with Crippen molar-refractivity contribution in [2.45, 2.75) is 5.92 Å². The molecule has 0 aromatic heterocycles. The van der Waals surface area contributed by atoms with Crippen LogP contribution in [0.3, 0.4) is 0 Å². The van der Waals surface area contributed by atoms with E-state index in [1.807, 2.05) is 30.3 Å². The van der Waals surface area contributed by atoms with Crippen LogP contribution in [0.2, 0.25) is 0 Å². The van der Waals surface area contributed by atoms with Gasteiger partial charge in [0.15, 0.2) is 23.0 Å². The zero-order valence-electron chi connectivity index (χ0n) is 13.5. The first-order chi connectivity index (χ1) is 12.8. The van der Waals surface area contributed by atoms with Crippen LogP contribution in [0.1, 0.15) is 17.0 Å². The lowest BCUT2D eigenvalue weighted by molar-refractivity contribution is -0.136. The van der Waals surface area contributed by atoms with E-state index in [9.17, 15) is 4.79 Å². The van der Waals surface area contributed by atoms with Crippen LogP contribution in [-0.2, 0) is 9.53 Å². The number of carbonyl (C=O) groups is 1. The summed E-state index contributed by atoms with van der Waals surface area (Å²) in [6.07, 6.45) is 0. The maximum atomic E-state index is 12.4. The van der Waals surface area contributed by atoms with Crippen molar-refractivity contribution in [1.82, 2.24) is 0 Å². The molecule has 7 nitrogen and oxygen atoms in total. The molecule has 6 rings (SSSR count). The summed E-state index contributed by atoms with van der Waals surface area (Å²) < 4.78 is 27.2. The van der Waals surface area contributed by atoms with E-state index < -0.39 is 0 Å². The summed E-state index contributed by atoms with van der Waals surface area (Å²) in [5, 5.41) is 3.31. The van der Waals surface area contributed by atoms with E-state index in [-0.39, 0.29) is 32.1 Å². The molecule has 1 N–H and O–H groups in total. The number of nitrogens with one attached hydrogen (secondary N) is 1. The number of fused-ring (bicyclic) bond motifs is 3. The predicted octanol–water partition coefficient (Wildman–Crippen LogP) is 2.51. The fourth-order valence-corrected chi connectivity index (χ4v) is 3.87. The molecule has 0 radical (unpaired) electrons. The molecule has 4 aliphatic rings. The molecule has 0 bridgehead atoms. The summed E-state index contributed by atoms with van der Waals surface area (Å²) in [5.41, 5.74) is 4.15. The Labute approximate surface area is 148 Å². The Hall–Kier alpha value is -3.35. The monoisotopic (exact) mass is 351 g/mol. The summed E-state index contributed by atoms with van der Waals surface area (Å²) in [6.45, 7) is 0.640. The standard InChI is InChI=1S/C19H13NO6/c21-19-18-12(6-22-19)20-11-5-16-15(25-8-26-16)4-10(11)17(18)9-1-2-13-14(3-9)24-7-23-13/h1-5,17,20H,6-8H2/t17-/m1/s1. The molecule has 0 aliphatic carbocycles. The van der Waals surface area contributed by atoms with E-state index in [1.54, 1.807) is 0 Å². The van der Waals surface area contributed by atoms with Gasteiger partial charge in [0, 0.05) is 17.7 Å². The lowest BCUT2D eigenvalue weighted by atomic mass is 9.81. The largest absolute Gasteiger partial charge is 0.456 e. The molecular weight excluding hydrogens is 338 g/mol. The zero-order valence-corrected chi connectivity index (χ0v) is 13.5. The van der Waals surface area contributed by atoms with Crippen molar-refractivity contribution >= 4 is 11.7 Å². The van der Waals surface area contributed by atoms with Gasteiger partial charge in [0.2, 0.25) is 13.6 Å². The first-order valence-electron chi connectivity index (χ1n) is 8.28. The Balaban J connectivity index is 1.57. The molecule has 0 amide bonds. The third kappa shape index (κ3) is 1.79.